The van der Waals surface area contributed by atoms with Crippen LogP contribution in [0.25, 0.3) is 10.2 Å². The minimum absolute atomic E-state index is 0.129. The summed E-state index contributed by atoms with van der Waals surface area (Å²) in [4.78, 5) is 40.4. The Balaban J connectivity index is 1.75. The number of amides is 3. The number of nitrogens with zero attached hydrogens (tertiary/aromatic N) is 1. The maximum Gasteiger partial charge on any atom is 0.257 e. The number of carbonyl (C=O) groups excluding carboxylic acids is 3. The quantitative estimate of drug-likeness (QED) is 0.590. The smallest absolute Gasteiger partial charge is 0.257 e. The summed E-state index contributed by atoms with van der Waals surface area (Å²) in [6.45, 7) is 6.91. The Morgan fingerprint density at radius 2 is 1.66 bits per heavy atom. The molecule has 0 fully saturated rings. The van der Waals surface area contributed by atoms with Gasteiger partial charge in [0.15, 0.2) is 5.13 Å². The highest BCUT2D eigenvalue weighted by molar-refractivity contribution is 7.22. The monoisotopic (exact) mass is 410 g/mol. The molecule has 0 saturated heterocycles. The lowest BCUT2D eigenvalue weighted by molar-refractivity contribution is -0.123. The van der Waals surface area contributed by atoms with Crippen molar-refractivity contribution in [1.82, 2.24) is 4.98 Å². The fourth-order valence-corrected chi connectivity index (χ4v) is 3.39. The number of anilines is 3. The third-order valence-corrected chi connectivity index (χ3v) is 4.93. The van der Waals surface area contributed by atoms with E-state index in [0.717, 1.165) is 10.2 Å². The third kappa shape index (κ3) is 5.17. The first-order chi connectivity index (χ1) is 13.6. The van der Waals surface area contributed by atoms with Gasteiger partial charge in [0, 0.05) is 29.3 Å². The molecule has 0 bridgehead atoms. The average Bonchev–Trinajstić information content (AvgIpc) is 3.02. The molecule has 3 N–H and O–H groups in total. The zero-order valence-corrected chi connectivity index (χ0v) is 17.4. The molecule has 2 aromatic carbocycles. The number of benzene rings is 2. The summed E-state index contributed by atoms with van der Waals surface area (Å²) in [5.74, 6) is -0.602. The van der Waals surface area contributed by atoms with Crippen LogP contribution < -0.4 is 16.0 Å². The van der Waals surface area contributed by atoms with E-state index in [9.17, 15) is 14.4 Å². The highest BCUT2D eigenvalue weighted by Crippen LogP contribution is 2.29. The van der Waals surface area contributed by atoms with Crippen molar-refractivity contribution in [3.05, 3.63) is 48.0 Å². The zero-order chi connectivity index (χ0) is 21.2. The number of fused-ring (bicyclic) bond motifs is 1. The maximum absolute atomic E-state index is 12.6. The normalized spacial score (nSPS) is 11.2. The van der Waals surface area contributed by atoms with Gasteiger partial charge in [-0.1, -0.05) is 38.2 Å². The molecule has 8 heteroatoms. The van der Waals surface area contributed by atoms with Crippen LogP contribution in [0.4, 0.5) is 16.5 Å². The van der Waals surface area contributed by atoms with Crippen LogP contribution in [0.3, 0.4) is 0 Å². The summed E-state index contributed by atoms with van der Waals surface area (Å²) >= 11 is 1.32. The van der Waals surface area contributed by atoms with E-state index in [0.29, 0.717) is 22.1 Å². The van der Waals surface area contributed by atoms with Crippen molar-refractivity contribution in [3.63, 3.8) is 0 Å². The van der Waals surface area contributed by atoms with Crippen molar-refractivity contribution >= 4 is 55.8 Å². The van der Waals surface area contributed by atoms with Crippen LogP contribution in [0.15, 0.2) is 42.5 Å². The average molecular weight is 410 g/mol. The summed E-state index contributed by atoms with van der Waals surface area (Å²) in [5.41, 5.74) is 1.84. The van der Waals surface area contributed by atoms with E-state index in [1.165, 1.54) is 18.3 Å². The molecule has 150 valence electrons. The van der Waals surface area contributed by atoms with Crippen molar-refractivity contribution in [2.45, 2.75) is 27.7 Å². The Morgan fingerprint density at radius 1 is 0.931 bits per heavy atom. The van der Waals surface area contributed by atoms with Gasteiger partial charge in [0.25, 0.3) is 5.91 Å². The topological polar surface area (TPSA) is 100 Å². The highest BCUT2D eigenvalue weighted by atomic mass is 32.1. The summed E-state index contributed by atoms with van der Waals surface area (Å²) in [7, 11) is 0. The standard InChI is InChI=1S/C21H22N4O3S/c1-12(26)22-15-8-9-16-17(11-15)29-20(24-16)25-18(27)13-6-5-7-14(10-13)23-19(28)21(2,3)4/h5-11H,1-4H3,(H,22,26)(H,23,28)(H,24,25,27). The van der Waals surface area contributed by atoms with Crippen LogP contribution in [0.1, 0.15) is 38.1 Å². The number of thiazole rings is 1. The molecule has 0 aliphatic rings. The van der Waals surface area contributed by atoms with Gasteiger partial charge in [0.2, 0.25) is 11.8 Å². The van der Waals surface area contributed by atoms with Crippen LogP contribution >= 0.6 is 11.3 Å². The molecule has 1 aromatic heterocycles. The Hall–Kier alpha value is -3.26. The Labute approximate surface area is 172 Å². The van der Waals surface area contributed by atoms with Crippen molar-refractivity contribution in [2.24, 2.45) is 5.41 Å². The summed E-state index contributed by atoms with van der Waals surface area (Å²) in [5, 5.41) is 8.78. The van der Waals surface area contributed by atoms with Gasteiger partial charge < -0.3 is 10.6 Å². The van der Waals surface area contributed by atoms with E-state index in [4.69, 9.17) is 0 Å². The maximum atomic E-state index is 12.6. The van der Waals surface area contributed by atoms with Crippen LogP contribution in [-0.2, 0) is 9.59 Å². The second-order valence-corrected chi connectivity index (χ2v) is 8.65. The summed E-state index contributed by atoms with van der Waals surface area (Å²) in [6.07, 6.45) is 0. The van der Waals surface area contributed by atoms with Gasteiger partial charge in [0.1, 0.15) is 0 Å². The van der Waals surface area contributed by atoms with Crippen LogP contribution in [-0.4, -0.2) is 22.7 Å². The molecule has 0 aliphatic heterocycles. The predicted molar refractivity (Wildman–Crippen MR) is 116 cm³/mol. The molecule has 3 rings (SSSR count). The van der Waals surface area contributed by atoms with Crippen LogP contribution in [0.5, 0.6) is 0 Å². The fourth-order valence-electron chi connectivity index (χ4n) is 2.49. The van der Waals surface area contributed by atoms with Gasteiger partial charge in [-0.25, -0.2) is 4.98 Å². The van der Waals surface area contributed by atoms with Crippen molar-refractivity contribution < 1.29 is 14.4 Å². The SMILES string of the molecule is CC(=O)Nc1ccc2nc(NC(=O)c3cccc(NC(=O)C(C)(C)C)c3)sc2c1. The van der Waals surface area contributed by atoms with Crippen LogP contribution in [0, 0.1) is 5.41 Å². The molecule has 0 radical (unpaired) electrons. The molecule has 29 heavy (non-hydrogen) atoms. The van der Waals surface area contributed by atoms with Gasteiger partial charge in [-0.05, 0) is 36.4 Å². The number of rotatable bonds is 4. The second kappa shape index (κ2) is 8.00. The second-order valence-electron chi connectivity index (χ2n) is 7.62. The van der Waals surface area contributed by atoms with Gasteiger partial charge in [-0.3, -0.25) is 19.7 Å². The lowest BCUT2D eigenvalue weighted by Crippen LogP contribution is -2.27. The fraction of sp³-hybridized carbons (Fsp3) is 0.238. The Bertz CT molecular complexity index is 1100. The van der Waals surface area contributed by atoms with E-state index in [2.05, 4.69) is 20.9 Å². The first-order valence-corrected chi connectivity index (χ1v) is 9.84. The first kappa shape index (κ1) is 20.5. The molecule has 3 amide bonds. The lowest BCUT2D eigenvalue weighted by atomic mass is 9.95. The third-order valence-electron chi connectivity index (χ3n) is 3.99. The van der Waals surface area contributed by atoms with E-state index >= 15 is 0 Å². The summed E-state index contributed by atoms with van der Waals surface area (Å²) < 4.78 is 0.845. The molecule has 0 atom stereocenters. The first-order valence-electron chi connectivity index (χ1n) is 9.03. The minimum atomic E-state index is -0.532. The van der Waals surface area contributed by atoms with Gasteiger partial charge in [-0.2, -0.15) is 0 Å². The lowest BCUT2D eigenvalue weighted by Gasteiger charge is -2.17. The predicted octanol–water partition coefficient (Wildman–Crippen LogP) is 4.49. The minimum Gasteiger partial charge on any atom is -0.326 e. The van der Waals surface area contributed by atoms with E-state index in [1.54, 1.807) is 36.4 Å². The highest BCUT2D eigenvalue weighted by Gasteiger charge is 2.21. The van der Waals surface area contributed by atoms with Gasteiger partial charge in [0.05, 0.1) is 10.2 Å². The molecule has 0 unspecified atom stereocenters. The van der Waals surface area contributed by atoms with E-state index < -0.39 is 5.41 Å². The van der Waals surface area contributed by atoms with Crippen LogP contribution in [0.2, 0.25) is 0 Å². The Morgan fingerprint density at radius 3 is 2.34 bits per heavy atom. The molecule has 0 saturated carbocycles. The van der Waals surface area contributed by atoms with E-state index in [1.807, 2.05) is 26.8 Å². The molecule has 0 aliphatic carbocycles. The van der Waals surface area contributed by atoms with Crippen molar-refractivity contribution in [3.8, 4) is 0 Å². The largest absolute Gasteiger partial charge is 0.326 e. The number of hydrogen-bond donors (Lipinski definition) is 3. The number of carbonyl (C=O) groups is 3. The molecule has 0 spiro atoms. The molecular formula is C21H22N4O3S. The summed E-state index contributed by atoms with van der Waals surface area (Å²) in [6, 6.07) is 12.1. The zero-order valence-electron chi connectivity index (χ0n) is 16.6. The number of nitrogens with one attached hydrogen (secondary N) is 3. The molecular weight excluding hydrogens is 388 g/mol. The van der Waals surface area contributed by atoms with Gasteiger partial charge >= 0.3 is 0 Å². The Kier molecular flexibility index (Phi) is 5.65. The van der Waals surface area contributed by atoms with E-state index in [-0.39, 0.29) is 17.7 Å². The van der Waals surface area contributed by atoms with Crippen molar-refractivity contribution in [1.29, 1.82) is 0 Å². The van der Waals surface area contributed by atoms with Crippen molar-refractivity contribution in [2.75, 3.05) is 16.0 Å². The number of aromatic nitrogens is 1. The molecule has 3 aromatic rings. The van der Waals surface area contributed by atoms with Gasteiger partial charge in [-0.15, -0.1) is 0 Å². The molecule has 1 heterocycles. The molecule has 7 nitrogen and oxygen atoms in total. The number of hydrogen-bond acceptors (Lipinski definition) is 5.